The summed E-state index contributed by atoms with van der Waals surface area (Å²) in [4.78, 5) is 32.5. The Labute approximate surface area is 269 Å². The summed E-state index contributed by atoms with van der Waals surface area (Å²) in [6, 6.07) is 14.0. The number of carbonyl (C=O) groups excluding carboxylic acids is 2. The number of allylic oxidation sites excluding steroid dienone is 1. The number of amides is 2. The molecule has 47 heavy (non-hydrogen) atoms. The number of likely N-dealkylation sites (N-methyl/N-ethyl adjacent to an activating group) is 1. The van der Waals surface area contributed by atoms with E-state index in [0.717, 1.165) is 40.7 Å². The minimum absolute atomic E-state index is 0.0587. The Hall–Kier alpha value is -5.73. The summed E-state index contributed by atoms with van der Waals surface area (Å²) >= 11 is 0. The van der Waals surface area contributed by atoms with E-state index in [1.54, 1.807) is 24.4 Å². The van der Waals surface area contributed by atoms with Gasteiger partial charge in [-0.3, -0.25) is 15.2 Å². The number of guanidine groups is 1. The van der Waals surface area contributed by atoms with Crippen LogP contribution < -0.4 is 10.6 Å². The number of anilines is 1. The van der Waals surface area contributed by atoms with E-state index in [1.807, 2.05) is 26.2 Å². The summed E-state index contributed by atoms with van der Waals surface area (Å²) < 4.78 is 46.4. The first-order valence-corrected chi connectivity index (χ1v) is 14.3. The zero-order valence-electron chi connectivity index (χ0n) is 26.1. The van der Waals surface area contributed by atoms with Crippen LogP contribution in [0.4, 0.5) is 23.7 Å². The zero-order chi connectivity index (χ0) is 34.7. The third-order valence-corrected chi connectivity index (χ3v) is 7.87. The number of quaternary nitrogens is 1. The smallest absolute Gasteiger partial charge is 0.416 e. The van der Waals surface area contributed by atoms with Gasteiger partial charge in [-0.2, -0.15) is 23.7 Å². The fraction of sp³-hybridized carbons (Fsp3) is 0.273. The number of carbonyl (C=O) groups is 2. The number of nitriles is 2. The van der Waals surface area contributed by atoms with Crippen LogP contribution in [0.25, 0.3) is 0 Å². The summed E-state index contributed by atoms with van der Waals surface area (Å²) in [5.41, 5.74) is 7.11. The van der Waals surface area contributed by atoms with Crippen LogP contribution in [0.5, 0.6) is 0 Å². The molecule has 0 saturated carbocycles. The Bertz CT molecular complexity index is 1840. The van der Waals surface area contributed by atoms with Crippen LogP contribution in [-0.2, 0) is 28.7 Å². The Morgan fingerprint density at radius 1 is 1.11 bits per heavy atom. The van der Waals surface area contributed by atoms with E-state index in [0.29, 0.717) is 46.4 Å². The van der Waals surface area contributed by atoms with Crippen molar-refractivity contribution in [3.8, 4) is 12.1 Å². The maximum absolute atomic E-state index is 13.6. The highest BCUT2D eigenvalue weighted by atomic mass is 19.4. The fourth-order valence-corrected chi connectivity index (χ4v) is 5.61. The number of urea groups is 1. The first kappa shape index (κ1) is 34.1. The van der Waals surface area contributed by atoms with Crippen molar-refractivity contribution in [1.29, 1.82) is 15.9 Å². The summed E-state index contributed by atoms with van der Waals surface area (Å²) in [7, 11) is 5.09. The Morgan fingerprint density at radius 3 is 2.40 bits per heavy atom. The molecule has 2 amide bonds. The average molecular weight is 646 g/mol. The number of methoxy groups -OCH3 is 1. The van der Waals surface area contributed by atoms with Crippen LogP contribution >= 0.6 is 0 Å². The molecule has 1 atom stereocenters. The van der Waals surface area contributed by atoms with Crippen LogP contribution in [0.3, 0.4) is 0 Å². The Morgan fingerprint density at radius 2 is 1.83 bits per heavy atom. The highest BCUT2D eigenvalue weighted by Gasteiger charge is 2.44. The number of aromatic nitrogens is 1. The third-order valence-electron chi connectivity index (χ3n) is 7.87. The molecule has 0 radical (unpaired) electrons. The molecular weight excluding hydrogens is 613 g/mol. The number of nitrogens with zero attached hydrogens (tertiary/aromatic N) is 6. The summed E-state index contributed by atoms with van der Waals surface area (Å²) in [5.74, 6) is -1.46. The van der Waals surface area contributed by atoms with Crippen molar-refractivity contribution in [2.75, 3.05) is 32.6 Å². The van der Waals surface area contributed by atoms with Gasteiger partial charge in [-0.1, -0.05) is 12.1 Å². The highest BCUT2D eigenvalue weighted by molar-refractivity contribution is 6.10. The number of hydrogen-bond donors (Lipinski definition) is 2. The minimum atomic E-state index is -4.69. The molecule has 14 heteroatoms. The average Bonchev–Trinajstić information content (AvgIpc) is 3.03. The first-order valence-electron chi connectivity index (χ1n) is 14.3. The van der Waals surface area contributed by atoms with Crippen LogP contribution in [0, 0.1) is 28.1 Å². The number of rotatable bonds is 8. The number of nitrogens with two attached hydrogens (primary N) is 1. The lowest BCUT2D eigenvalue weighted by Crippen LogP contribution is -2.55. The number of halogens is 3. The SMILES string of the molecule is COC(=O)C1=C(C)N(c2cccc(C(F)(F)F)c2)C(=N)N(C(N)=O)[C@@H]1c1ccc(C#N)cc1CC[N+](C)(C)Cc1ccc(C#N)nc1. The van der Waals surface area contributed by atoms with E-state index in [9.17, 15) is 28.0 Å². The van der Waals surface area contributed by atoms with Crippen molar-refractivity contribution >= 4 is 23.6 Å². The van der Waals surface area contributed by atoms with E-state index in [1.165, 1.54) is 19.1 Å². The van der Waals surface area contributed by atoms with Crippen LogP contribution in [0.15, 0.2) is 72.1 Å². The van der Waals surface area contributed by atoms with Gasteiger partial charge in [0.15, 0.2) is 0 Å². The second-order valence-corrected chi connectivity index (χ2v) is 11.6. The number of primary amides is 1. The predicted octanol–water partition coefficient (Wildman–Crippen LogP) is 4.99. The summed E-state index contributed by atoms with van der Waals surface area (Å²) in [5, 5.41) is 27.8. The number of ether oxygens (including phenoxy) is 1. The predicted molar refractivity (Wildman–Crippen MR) is 165 cm³/mol. The summed E-state index contributed by atoms with van der Waals surface area (Å²) in [6.45, 7) is 2.50. The van der Waals surface area contributed by atoms with E-state index in [2.05, 4.69) is 11.1 Å². The van der Waals surface area contributed by atoms with Gasteiger partial charge >= 0.3 is 18.2 Å². The van der Waals surface area contributed by atoms with Gasteiger partial charge in [-0.05, 0) is 60.5 Å². The Balaban J connectivity index is 1.83. The largest absolute Gasteiger partial charge is 0.466 e. The lowest BCUT2D eigenvalue weighted by Gasteiger charge is -2.43. The van der Waals surface area contributed by atoms with E-state index in [4.69, 9.17) is 21.1 Å². The summed E-state index contributed by atoms with van der Waals surface area (Å²) in [6.07, 6.45) is -2.71. The highest BCUT2D eigenvalue weighted by Crippen LogP contribution is 2.42. The second kappa shape index (κ2) is 13.3. The molecule has 0 fully saturated rings. The second-order valence-electron chi connectivity index (χ2n) is 11.6. The van der Waals surface area contributed by atoms with Gasteiger partial charge in [0.1, 0.15) is 24.3 Å². The van der Waals surface area contributed by atoms with Gasteiger partial charge in [0, 0.05) is 29.6 Å². The minimum Gasteiger partial charge on any atom is -0.466 e. The zero-order valence-corrected chi connectivity index (χ0v) is 26.1. The molecule has 242 valence electrons. The standard InChI is InChI=1S/C33H31F3N8O3/c1-20-28(30(45)47-4)29(43(32(40)46)31(39)42(20)26-7-5-6-24(15-26)33(34,35)36)27-11-9-21(16-37)14-23(27)12-13-44(2,3)19-22-8-10-25(17-38)41-18-22/h5-11,14-15,18,29,39H,12-13,19H2,1-4H3,(H-,40,46)/p+1/t29-/m1/s1. The number of benzene rings is 2. The number of pyridine rings is 1. The molecule has 2 aromatic carbocycles. The molecule has 3 aromatic rings. The molecule has 1 aliphatic heterocycles. The molecule has 3 N–H and O–H groups in total. The van der Waals surface area contributed by atoms with Crippen molar-refractivity contribution < 1.29 is 32.0 Å². The Kier molecular flexibility index (Phi) is 9.68. The van der Waals surface area contributed by atoms with Gasteiger partial charge in [0.05, 0.1) is 50.5 Å². The number of alkyl halides is 3. The monoisotopic (exact) mass is 645 g/mol. The molecule has 0 saturated heterocycles. The molecular formula is C33H32F3N8O3+. The van der Waals surface area contributed by atoms with Gasteiger partial charge < -0.3 is 15.0 Å². The van der Waals surface area contributed by atoms with E-state index in [-0.39, 0.29) is 17.0 Å². The molecule has 0 unspecified atom stereocenters. The number of esters is 1. The van der Waals surface area contributed by atoms with Crippen LogP contribution in [0.1, 0.15) is 46.5 Å². The van der Waals surface area contributed by atoms with Crippen molar-refractivity contribution in [2.24, 2.45) is 5.73 Å². The maximum Gasteiger partial charge on any atom is 0.416 e. The van der Waals surface area contributed by atoms with Crippen molar-refractivity contribution in [1.82, 2.24) is 9.88 Å². The van der Waals surface area contributed by atoms with Gasteiger partial charge in [0.25, 0.3) is 0 Å². The lowest BCUT2D eigenvalue weighted by atomic mass is 9.87. The molecule has 1 aromatic heterocycles. The fourth-order valence-electron chi connectivity index (χ4n) is 5.61. The number of hydrogen-bond acceptors (Lipinski definition) is 7. The van der Waals surface area contributed by atoms with Crippen LogP contribution in [0.2, 0.25) is 0 Å². The maximum atomic E-state index is 13.6. The molecule has 1 aliphatic rings. The van der Waals surface area contributed by atoms with Gasteiger partial charge in [0.2, 0.25) is 5.96 Å². The third kappa shape index (κ3) is 7.24. The van der Waals surface area contributed by atoms with Crippen molar-refractivity contribution in [3.05, 3.63) is 106 Å². The molecule has 4 rings (SSSR count). The molecule has 0 bridgehead atoms. The van der Waals surface area contributed by atoms with Gasteiger partial charge in [-0.15, -0.1) is 0 Å². The van der Waals surface area contributed by atoms with Crippen molar-refractivity contribution in [3.63, 3.8) is 0 Å². The molecule has 11 nitrogen and oxygen atoms in total. The van der Waals surface area contributed by atoms with Gasteiger partial charge in [-0.25, -0.2) is 14.6 Å². The lowest BCUT2D eigenvalue weighted by molar-refractivity contribution is -0.903. The topological polar surface area (TPSA) is 160 Å². The van der Waals surface area contributed by atoms with Crippen molar-refractivity contribution in [2.45, 2.75) is 32.1 Å². The molecule has 2 heterocycles. The van der Waals surface area contributed by atoms with E-state index >= 15 is 0 Å². The van der Waals surface area contributed by atoms with E-state index < -0.39 is 35.7 Å². The molecule has 0 aliphatic carbocycles. The molecule has 0 spiro atoms. The normalized spacial score (nSPS) is 15.3. The quantitative estimate of drug-likeness (QED) is 0.258. The van der Waals surface area contributed by atoms with Crippen LogP contribution in [-0.4, -0.2) is 60.1 Å². The number of nitrogens with one attached hydrogen (secondary N) is 1. The first-order chi connectivity index (χ1) is 22.1.